The lowest BCUT2D eigenvalue weighted by atomic mass is 10.2. The number of nitrogens with one attached hydrogen (secondary N) is 1. The first-order chi connectivity index (χ1) is 8.18. The van der Waals surface area contributed by atoms with Crippen molar-refractivity contribution < 1.29 is 17.9 Å². The van der Waals surface area contributed by atoms with Gasteiger partial charge in [0.25, 0.3) is 0 Å². The van der Waals surface area contributed by atoms with E-state index in [4.69, 9.17) is 4.74 Å². The molecule has 1 aliphatic rings. The molecule has 1 aliphatic heterocycles. The Labute approximate surface area is 109 Å². The molecule has 1 amide bonds. The van der Waals surface area contributed by atoms with Gasteiger partial charge in [0.2, 0.25) is 0 Å². The topological polar surface area (TPSA) is 75.7 Å². The monoisotopic (exact) mass is 278 g/mol. The zero-order valence-corrected chi connectivity index (χ0v) is 12.0. The molecule has 0 aromatic heterocycles. The number of carbonyl (C=O) groups excluding carboxylic acids is 1. The van der Waals surface area contributed by atoms with Crippen LogP contribution in [0.1, 0.15) is 20.8 Å². The van der Waals surface area contributed by atoms with E-state index in [0.29, 0.717) is 26.2 Å². The van der Waals surface area contributed by atoms with Crippen molar-refractivity contribution in [2.24, 2.45) is 0 Å². The maximum Gasteiger partial charge on any atom is 0.407 e. The van der Waals surface area contributed by atoms with Crippen molar-refractivity contribution in [1.29, 1.82) is 0 Å². The summed E-state index contributed by atoms with van der Waals surface area (Å²) in [7, 11) is -2.83. The zero-order chi connectivity index (χ0) is 13.8. The van der Waals surface area contributed by atoms with Gasteiger partial charge in [0.15, 0.2) is 9.84 Å². The molecule has 7 heteroatoms. The third kappa shape index (κ3) is 6.20. The summed E-state index contributed by atoms with van der Waals surface area (Å²) in [5, 5.41) is 2.65. The van der Waals surface area contributed by atoms with E-state index in [9.17, 15) is 13.2 Å². The summed E-state index contributed by atoms with van der Waals surface area (Å²) in [4.78, 5) is 13.4. The molecule has 6 nitrogen and oxygen atoms in total. The number of amides is 1. The number of sulfone groups is 1. The first-order valence-corrected chi connectivity index (χ1v) is 7.90. The summed E-state index contributed by atoms with van der Waals surface area (Å²) in [5.74, 6) is 0.416. The van der Waals surface area contributed by atoms with E-state index in [1.807, 2.05) is 25.7 Å². The third-order valence-corrected chi connectivity index (χ3v) is 4.14. The second-order valence-electron chi connectivity index (χ2n) is 5.42. The van der Waals surface area contributed by atoms with Crippen LogP contribution >= 0.6 is 0 Å². The zero-order valence-electron chi connectivity index (χ0n) is 11.2. The van der Waals surface area contributed by atoms with Crippen LogP contribution < -0.4 is 5.32 Å². The van der Waals surface area contributed by atoms with Crippen LogP contribution in [-0.4, -0.2) is 62.7 Å². The second kappa shape index (κ2) is 5.88. The lowest BCUT2D eigenvalue weighted by Crippen LogP contribution is -2.44. The standard InChI is InChI=1S/C11H22N2O4S/c1-11(2,3)17-10(14)12-4-5-13-6-8-18(15,16)9-7-13/h4-9H2,1-3H3,(H,12,14). The molecule has 0 saturated carbocycles. The molecule has 0 bridgehead atoms. The normalized spacial score (nSPS) is 20.4. The van der Waals surface area contributed by atoms with Crippen molar-refractivity contribution >= 4 is 15.9 Å². The first kappa shape index (κ1) is 15.2. The fourth-order valence-electron chi connectivity index (χ4n) is 1.60. The molecule has 106 valence electrons. The summed E-state index contributed by atoms with van der Waals surface area (Å²) < 4.78 is 27.5. The van der Waals surface area contributed by atoms with Crippen LogP contribution in [0.2, 0.25) is 0 Å². The number of rotatable bonds is 3. The van der Waals surface area contributed by atoms with E-state index in [1.165, 1.54) is 0 Å². The third-order valence-electron chi connectivity index (χ3n) is 2.53. The van der Waals surface area contributed by atoms with Crippen LogP contribution in [0.4, 0.5) is 4.79 Å². The van der Waals surface area contributed by atoms with Gasteiger partial charge in [-0.1, -0.05) is 0 Å². The molecule has 0 aromatic rings. The number of hydrogen-bond acceptors (Lipinski definition) is 5. The largest absolute Gasteiger partial charge is 0.444 e. The summed E-state index contributed by atoms with van der Waals surface area (Å²) in [6.45, 7) is 7.62. The second-order valence-corrected chi connectivity index (χ2v) is 7.73. The summed E-state index contributed by atoms with van der Waals surface area (Å²) in [6.07, 6.45) is -0.438. The molecule has 0 atom stereocenters. The van der Waals surface area contributed by atoms with Gasteiger partial charge in [0.1, 0.15) is 5.60 Å². The van der Waals surface area contributed by atoms with E-state index >= 15 is 0 Å². The molecule has 1 rings (SSSR count). The predicted molar refractivity (Wildman–Crippen MR) is 69.3 cm³/mol. The van der Waals surface area contributed by atoms with Crippen molar-refractivity contribution in [3.8, 4) is 0 Å². The van der Waals surface area contributed by atoms with Crippen LogP contribution in [0.15, 0.2) is 0 Å². The van der Waals surface area contributed by atoms with Crippen LogP contribution in [-0.2, 0) is 14.6 Å². The van der Waals surface area contributed by atoms with Crippen LogP contribution in [0.5, 0.6) is 0 Å². The van der Waals surface area contributed by atoms with Gasteiger partial charge in [-0.25, -0.2) is 13.2 Å². The average molecular weight is 278 g/mol. The molecule has 1 N–H and O–H groups in total. The van der Waals surface area contributed by atoms with Crippen molar-refractivity contribution in [3.63, 3.8) is 0 Å². The molecule has 1 saturated heterocycles. The Morgan fingerprint density at radius 2 is 1.83 bits per heavy atom. The van der Waals surface area contributed by atoms with Gasteiger partial charge in [0.05, 0.1) is 11.5 Å². The van der Waals surface area contributed by atoms with Gasteiger partial charge < -0.3 is 10.1 Å². The SMILES string of the molecule is CC(C)(C)OC(=O)NCCN1CCS(=O)(=O)CC1. The molecule has 1 fully saturated rings. The summed E-state index contributed by atoms with van der Waals surface area (Å²) in [6, 6.07) is 0. The van der Waals surface area contributed by atoms with E-state index in [-0.39, 0.29) is 11.5 Å². The first-order valence-electron chi connectivity index (χ1n) is 6.08. The Balaban J connectivity index is 2.17. The summed E-state index contributed by atoms with van der Waals surface area (Å²) in [5.41, 5.74) is -0.497. The Kier molecular flexibility index (Phi) is 4.98. The maximum absolute atomic E-state index is 11.4. The molecular weight excluding hydrogens is 256 g/mol. The van der Waals surface area contributed by atoms with Gasteiger partial charge in [-0.05, 0) is 20.8 Å². The Morgan fingerprint density at radius 3 is 2.33 bits per heavy atom. The summed E-state index contributed by atoms with van der Waals surface area (Å²) >= 11 is 0. The smallest absolute Gasteiger partial charge is 0.407 e. The van der Waals surface area contributed by atoms with Crippen LogP contribution in [0.25, 0.3) is 0 Å². The number of nitrogens with zero attached hydrogens (tertiary/aromatic N) is 1. The molecule has 0 aliphatic carbocycles. The van der Waals surface area contributed by atoms with Crippen LogP contribution in [0.3, 0.4) is 0 Å². The number of carbonyl (C=O) groups is 1. The van der Waals surface area contributed by atoms with E-state index in [0.717, 1.165) is 0 Å². The molecule has 0 aromatic carbocycles. The highest BCUT2D eigenvalue weighted by Crippen LogP contribution is 2.06. The number of alkyl carbamates (subject to hydrolysis) is 1. The van der Waals surface area contributed by atoms with Crippen LogP contribution in [0, 0.1) is 0 Å². The van der Waals surface area contributed by atoms with Gasteiger partial charge in [-0.3, -0.25) is 4.90 Å². The average Bonchev–Trinajstić information content (AvgIpc) is 2.18. The molecule has 0 radical (unpaired) electrons. The maximum atomic E-state index is 11.4. The van der Waals surface area contributed by atoms with Gasteiger partial charge in [-0.2, -0.15) is 0 Å². The highest BCUT2D eigenvalue weighted by molar-refractivity contribution is 7.91. The fraction of sp³-hybridized carbons (Fsp3) is 0.909. The molecule has 1 heterocycles. The lowest BCUT2D eigenvalue weighted by Gasteiger charge is -2.26. The number of ether oxygens (including phenoxy) is 1. The minimum absolute atomic E-state index is 0.208. The Bertz CT molecular complexity index is 372. The van der Waals surface area contributed by atoms with Crippen molar-refractivity contribution in [3.05, 3.63) is 0 Å². The van der Waals surface area contributed by atoms with Crippen molar-refractivity contribution in [2.45, 2.75) is 26.4 Å². The van der Waals surface area contributed by atoms with Gasteiger partial charge in [-0.15, -0.1) is 0 Å². The lowest BCUT2D eigenvalue weighted by molar-refractivity contribution is 0.0522. The van der Waals surface area contributed by atoms with Crippen molar-refractivity contribution in [2.75, 3.05) is 37.7 Å². The van der Waals surface area contributed by atoms with E-state index in [1.54, 1.807) is 0 Å². The van der Waals surface area contributed by atoms with Crippen molar-refractivity contribution in [1.82, 2.24) is 10.2 Å². The number of hydrogen-bond donors (Lipinski definition) is 1. The molecule has 0 unspecified atom stereocenters. The fourth-order valence-corrected chi connectivity index (χ4v) is 2.88. The Morgan fingerprint density at radius 1 is 1.28 bits per heavy atom. The molecule has 18 heavy (non-hydrogen) atoms. The Hall–Kier alpha value is -0.820. The minimum atomic E-state index is -2.83. The highest BCUT2D eigenvalue weighted by Gasteiger charge is 2.21. The predicted octanol–water partition coefficient (Wildman–Crippen LogP) is 0.242. The van der Waals surface area contributed by atoms with Gasteiger partial charge in [0, 0.05) is 26.2 Å². The highest BCUT2D eigenvalue weighted by atomic mass is 32.2. The minimum Gasteiger partial charge on any atom is -0.444 e. The van der Waals surface area contributed by atoms with E-state index < -0.39 is 21.5 Å². The molecular formula is C11H22N2O4S. The quantitative estimate of drug-likeness (QED) is 0.800. The van der Waals surface area contributed by atoms with Gasteiger partial charge >= 0.3 is 6.09 Å². The molecule has 0 spiro atoms. The van der Waals surface area contributed by atoms with E-state index in [2.05, 4.69) is 5.32 Å².